The summed E-state index contributed by atoms with van der Waals surface area (Å²) in [5, 5.41) is 0. The molecule has 0 nitrogen and oxygen atoms in total. The van der Waals surface area contributed by atoms with E-state index in [1.807, 2.05) is 0 Å². The summed E-state index contributed by atoms with van der Waals surface area (Å²) in [7, 11) is 0. The third-order valence-corrected chi connectivity index (χ3v) is 0. The van der Waals surface area contributed by atoms with Crippen molar-refractivity contribution in [1.82, 2.24) is 0 Å². The summed E-state index contributed by atoms with van der Waals surface area (Å²) in [6, 6.07) is 0. The van der Waals surface area contributed by atoms with Gasteiger partial charge in [-0.15, -0.1) is 0 Å². The summed E-state index contributed by atoms with van der Waals surface area (Å²) < 4.78 is 0. The first-order chi connectivity index (χ1) is 0. The van der Waals surface area contributed by atoms with Gasteiger partial charge in [0.1, 0.15) is 0 Å². The van der Waals surface area contributed by atoms with Crippen molar-refractivity contribution >= 4 is 0 Å². The molecule has 0 aliphatic heterocycles. The first-order valence-electron chi connectivity index (χ1n) is 0. The van der Waals surface area contributed by atoms with Crippen LogP contribution in [-0.4, -0.2) is 0 Å². The van der Waals surface area contributed by atoms with Crippen molar-refractivity contribution in [2.24, 2.45) is 0 Å². The van der Waals surface area contributed by atoms with Crippen LogP contribution in [0.15, 0.2) is 0 Å². The molecule has 0 fully saturated rings. The van der Waals surface area contributed by atoms with E-state index in [9.17, 15) is 0 Å². The van der Waals surface area contributed by atoms with Crippen molar-refractivity contribution in [1.29, 1.82) is 0 Å². The Morgan fingerprint density at radius 2 is 0.400 bits per heavy atom. The average Bonchev–Trinajstić information content (AvgIpc) is 0. The number of hydrogen-bond donors (Lipinski definition) is 0. The number of rotatable bonds is 0. The Balaban J connectivity index is 0. The van der Waals surface area contributed by atoms with Gasteiger partial charge in [0.15, 0.2) is 0 Å². The summed E-state index contributed by atoms with van der Waals surface area (Å²) in [4.78, 5) is 0. The monoisotopic (exact) mass is 280 g/mol. The Bertz CT molecular complexity index is 3.61. The van der Waals surface area contributed by atoms with Gasteiger partial charge in [0.05, 0.1) is 0 Å². The van der Waals surface area contributed by atoms with Crippen molar-refractivity contribution in [2.45, 2.75) is 0 Å². The van der Waals surface area contributed by atoms with Crippen molar-refractivity contribution in [3.05, 3.63) is 0 Å². The van der Waals surface area contributed by atoms with E-state index in [2.05, 4.69) is 0 Å². The topological polar surface area (TPSA) is 0 Å². The zero-order chi connectivity index (χ0) is 0. The normalized spacial score (nSPS) is 0. The third-order valence-electron chi connectivity index (χ3n) is 0. The molecule has 5 heavy (non-hydrogen) atoms. The molecule has 0 aliphatic carbocycles. The van der Waals surface area contributed by atoms with Gasteiger partial charge in [-0.1, -0.05) is 0 Å². The Labute approximate surface area is 89.9 Å². The minimum atomic E-state index is 0. The van der Waals surface area contributed by atoms with Gasteiger partial charge in [-0.2, -0.15) is 0 Å². The summed E-state index contributed by atoms with van der Waals surface area (Å²) in [5.74, 6) is 0. The number of halogens is 4. The van der Waals surface area contributed by atoms with E-state index in [1.54, 1.807) is 0 Å². The fraction of sp³-hybridized carbons (Fsp3) is 0. The standard InChI is InChI=1S/Ce.4ClH/h;4*1H/q+4;;;;/p-4. The molecule has 0 aromatic carbocycles. The Morgan fingerprint density at radius 3 is 0.400 bits per heavy atom. The van der Waals surface area contributed by atoms with Crippen LogP contribution in [-0.2, 0) is 0 Å². The largest absolute Gasteiger partial charge is 4.00 e. The SMILES string of the molecule is [Ce+4].[Cl-].[Cl-].[Cl-].[Cl-]. The van der Waals surface area contributed by atoms with E-state index in [1.165, 1.54) is 0 Å². The molecular weight excluding hydrogens is 282 g/mol. The van der Waals surface area contributed by atoms with E-state index in [0.717, 1.165) is 0 Å². The van der Waals surface area contributed by atoms with Gasteiger partial charge in [0.25, 0.3) is 0 Å². The predicted molar refractivity (Wildman–Crippen MR) is 0 cm³/mol. The smallest absolute Gasteiger partial charge is 1.00 e. The average molecular weight is 282 g/mol. The summed E-state index contributed by atoms with van der Waals surface area (Å²) in [6.45, 7) is 0. The van der Waals surface area contributed by atoms with Crippen LogP contribution in [0.25, 0.3) is 0 Å². The van der Waals surface area contributed by atoms with Crippen LogP contribution in [0.4, 0.5) is 0 Å². The Hall–Kier alpha value is 2.54. The second kappa shape index (κ2) is 31.1. The molecule has 0 N–H and O–H groups in total. The van der Waals surface area contributed by atoms with Gasteiger partial charge in [-0.3, -0.25) is 0 Å². The molecule has 0 bridgehead atoms. The molecule has 32 valence electrons. The van der Waals surface area contributed by atoms with E-state index in [0.29, 0.717) is 0 Å². The second-order valence-corrected chi connectivity index (χ2v) is 0. The van der Waals surface area contributed by atoms with Gasteiger partial charge in [-0.05, 0) is 0 Å². The maximum absolute atomic E-state index is 0. The van der Waals surface area contributed by atoms with Gasteiger partial charge in [0.2, 0.25) is 0 Å². The van der Waals surface area contributed by atoms with E-state index >= 15 is 0 Å². The van der Waals surface area contributed by atoms with Gasteiger partial charge in [0, 0.05) is 0 Å². The zero-order valence-corrected chi connectivity index (χ0v) is 8.18. The molecule has 5 heteroatoms. The first-order valence-corrected chi connectivity index (χ1v) is 0. The maximum Gasteiger partial charge on any atom is 4.00 e. The van der Waals surface area contributed by atoms with Crippen LogP contribution in [0.3, 0.4) is 0 Å². The fourth-order valence-corrected chi connectivity index (χ4v) is 0. The molecule has 0 saturated carbocycles. The molecule has 0 amide bonds. The zero-order valence-electron chi connectivity index (χ0n) is 2.01. The molecule has 0 spiro atoms. The quantitative estimate of drug-likeness (QED) is 0.414. The maximum atomic E-state index is 0. The van der Waals surface area contributed by atoms with Gasteiger partial charge >= 0.3 is 41.7 Å². The fourth-order valence-electron chi connectivity index (χ4n) is 0. The van der Waals surface area contributed by atoms with Crippen molar-refractivity contribution in [3.63, 3.8) is 0 Å². The first kappa shape index (κ1) is 50.0. The summed E-state index contributed by atoms with van der Waals surface area (Å²) in [6.07, 6.45) is 0. The number of hydrogen-bond acceptors (Lipinski definition) is 0. The molecule has 0 atom stereocenters. The minimum Gasteiger partial charge on any atom is -1.00 e. The molecule has 0 saturated heterocycles. The van der Waals surface area contributed by atoms with Crippen LogP contribution < -0.4 is 49.6 Å². The molecule has 0 unspecified atom stereocenters. The summed E-state index contributed by atoms with van der Waals surface area (Å²) >= 11 is 0. The second-order valence-electron chi connectivity index (χ2n) is 0. The Morgan fingerprint density at radius 1 is 0.400 bits per heavy atom. The molecule has 0 aromatic rings. The minimum absolute atomic E-state index is 0. The van der Waals surface area contributed by atoms with Crippen molar-refractivity contribution in [3.8, 4) is 0 Å². The van der Waals surface area contributed by atoms with Gasteiger partial charge < -0.3 is 49.6 Å². The van der Waals surface area contributed by atoms with E-state index < -0.39 is 0 Å². The van der Waals surface area contributed by atoms with Crippen molar-refractivity contribution in [2.75, 3.05) is 0 Å². The third kappa shape index (κ3) is 20.9. The van der Waals surface area contributed by atoms with Crippen LogP contribution in [0, 0.1) is 41.7 Å². The van der Waals surface area contributed by atoms with Crippen LogP contribution in [0.2, 0.25) is 0 Å². The van der Waals surface area contributed by atoms with E-state index in [-0.39, 0.29) is 91.4 Å². The van der Waals surface area contributed by atoms with Crippen LogP contribution in [0.5, 0.6) is 0 Å². The molecule has 0 radical (unpaired) electrons. The molecule has 0 aromatic heterocycles. The molecular formula is CeCl4. The van der Waals surface area contributed by atoms with Crippen LogP contribution >= 0.6 is 0 Å². The molecule has 0 rings (SSSR count). The summed E-state index contributed by atoms with van der Waals surface area (Å²) in [5.41, 5.74) is 0. The van der Waals surface area contributed by atoms with Crippen molar-refractivity contribution < 1.29 is 91.4 Å². The predicted octanol–water partition coefficient (Wildman–Crippen LogP) is -12.0. The van der Waals surface area contributed by atoms with E-state index in [4.69, 9.17) is 0 Å². The Kier molecular flexibility index (Phi) is 312. The molecule has 0 aliphatic rings. The molecule has 0 heterocycles. The van der Waals surface area contributed by atoms with Crippen LogP contribution in [0.1, 0.15) is 0 Å². The van der Waals surface area contributed by atoms with Gasteiger partial charge in [-0.25, -0.2) is 0 Å².